The predicted octanol–water partition coefficient (Wildman–Crippen LogP) is 5.89. The summed E-state index contributed by atoms with van der Waals surface area (Å²) in [5.74, 6) is 1.82. The van der Waals surface area contributed by atoms with Crippen LogP contribution in [0, 0.1) is 0 Å². The normalized spacial score (nSPS) is 14.3. The summed E-state index contributed by atoms with van der Waals surface area (Å²) >= 11 is 13.3. The molecule has 1 N–H and O–H groups in total. The highest BCUT2D eigenvalue weighted by Crippen LogP contribution is 2.36. The highest BCUT2D eigenvalue weighted by Gasteiger charge is 2.24. The molecule has 1 saturated carbocycles. The van der Waals surface area contributed by atoms with E-state index >= 15 is 0 Å². The third-order valence-electron chi connectivity index (χ3n) is 5.35. The maximum atomic E-state index is 12.5. The molecule has 168 valence electrons. The predicted molar refractivity (Wildman–Crippen MR) is 128 cm³/mol. The number of methoxy groups -OCH3 is 1. The fraction of sp³-hybridized carbons (Fsp3) is 0.364. The van der Waals surface area contributed by atoms with E-state index in [1.807, 2.05) is 24.3 Å². The smallest absolute Gasteiger partial charge is 0.236 e. The van der Waals surface area contributed by atoms with Crippen LogP contribution in [-0.4, -0.2) is 38.5 Å². The van der Waals surface area contributed by atoms with Gasteiger partial charge >= 0.3 is 0 Å². The number of benzene rings is 1. The number of carbonyl (C=O) groups excluding carboxylic acids is 1. The van der Waals surface area contributed by atoms with Gasteiger partial charge in [-0.05, 0) is 43.2 Å². The highest BCUT2D eigenvalue weighted by molar-refractivity contribution is 7.99. The molecule has 1 aliphatic rings. The van der Waals surface area contributed by atoms with Gasteiger partial charge in [-0.3, -0.25) is 9.36 Å². The second-order valence-corrected chi connectivity index (χ2v) is 9.30. The van der Waals surface area contributed by atoms with E-state index in [4.69, 9.17) is 27.9 Å². The van der Waals surface area contributed by atoms with Gasteiger partial charge in [-0.2, -0.15) is 0 Å². The van der Waals surface area contributed by atoms with Crippen LogP contribution in [0.15, 0.2) is 41.7 Å². The summed E-state index contributed by atoms with van der Waals surface area (Å²) < 4.78 is 7.46. The number of nitrogens with one attached hydrogen (secondary N) is 1. The van der Waals surface area contributed by atoms with Crippen LogP contribution < -0.4 is 10.1 Å². The quantitative estimate of drug-likeness (QED) is 0.414. The zero-order chi connectivity index (χ0) is 22.5. The van der Waals surface area contributed by atoms with E-state index in [-0.39, 0.29) is 17.5 Å². The first-order chi connectivity index (χ1) is 15.5. The van der Waals surface area contributed by atoms with E-state index in [1.54, 1.807) is 13.2 Å². The molecule has 0 radical (unpaired) electrons. The minimum absolute atomic E-state index is 0.161. The lowest BCUT2D eigenvalue weighted by Crippen LogP contribution is -2.18. The van der Waals surface area contributed by atoms with Crippen molar-refractivity contribution in [3.8, 4) is 17.1 Å². The molecular formula is C22H23Cl2N5O2S. The number of ether oxygens (including phenoxy) is 1. The molecule has 32 heavy (non-hydrogen) atoms. The molecule has 3 aromatic rings. The van der Waals surface area contributed by atoms with Crippen LogP contribution in [0.2, 0.25) is 10.0 Å². The highest BCUT2D eigenvalue weighted by atomic mass is 35.5. The van der Waals surface area contributed by atoms with Crippen LogP contribution in [0.3, 0.4) is 0 Å². The van der Waals surface area contributed by atoms with Crippen LogP contribution >= 0.6 is 35.0 Å². The van der Waals surface area contributed by atoms with Crippen molar-refractivity contribution in [1.29, 1.82) is 0 Å². The number of amides is 1. The van der Waals surface area contributed by atoms with E-state index in [0.29, 0.717) is 16.1 Å². The fourth-order valence-electron chi connectivity index (χ4n) is 3.79. The first kappa shape index (κ1) is 22.9. The van der Waals surface area contributed by atoms with E-state index < -0.39 is 0 Å². The van der Waals surface area contributed by atoms with Crippen molar-refractivity contribution in [2.24, 2.45) is 0 Å². The molecule has 1 aliphatic carbocycles. The van der Waals surface area contributed by atoms with Crippen molar-refractivity contribution < 1.29 is 9.53 Å². The van der Waals surface area contributed by atoms with Gasteiger partial charge in [0, 0.05) is 17.8 Å². The molecule has 10 heteroatoms. The van der Waals surface area contributed by atoms with Gasteiger partial charge in [0.2, 0.25) is 5.91 Å². The largest absolute Gasteiger partial charge is 0.497 e. The number of aromatic nitrogens is 4. The third kappa shape index (κ3) is 5.36. The molecule has 0 saturated heterocycles. The zero-order valence-electron chi connectivity index (χ0n) is 17.6. The lowest BCUT2D eigenvalue weighted by Gasteiger charge is -2.25. The second kappa shape index (κ2) is 10.6. The molecule has 2 heterocycles. The maximum Gasteiger partial charge on any atom is 0.236 e. The van der Waals surface area contributed by atoms with Crippen molar-refractivity contribution in [2.45, 2.75) is 43.3 Å². The van der Waals surface area contributed by atoms with Crippen LogP contribution in [0.4, 0.5) is 5.82 Å². The van der Waals surface area contributed by atoms with Crippen molar-refractivity contribution in [3.05, 3.63) is 46.6 Å². The summed E-state index contributed by atoms with van der Waals surface area (Å²) in [6.07, 6.45) is 7.19. The summed E-state index contributed by atoms with van der Waals surface area (Å²) in [5, 5.41) is 13.1. The van der Waals surface area contributed by atoms with Crippen LogP contribution in [0.25, 0.3) is 11.4 Å². The molecule has 1 fully saturated rings. The number of halogens is 2. The minimum Gasteiger partial charge on any atom is -0.497 e. The Hall–Kier alpha value is -2.29. The monoisotopic (exact) mass is 491 g/mol. The lowest BCUT2D eigenvalue weighted by molar-refractivity contribution is -0.113. The minimum atomic E-state index is -0.226. The molecule has 0 atom stereocenters. The average molecular weight is 492 g/mol. The van der Waals surface area contributed by atoms with Gasteiger partial charge in [0.15, 0.2) is 16.8 Å². The standard InChI is InChI=1S/C22H23Cl2N5O2S/c1-31-17-9-7-14(8-10-17)21-27-28-22(29(21)16-5-3-2-4-6-16)32-13-19(30)26-20-18(24)11-15(23)12-25-20/h7-12,16H,2-6,13H2,1H3,(H,25,26,30). The van der Waals surface area contributed by atoms with Crippen molar-refractivity contribution in [2.75, 3.05) is 18.2 Å². The van der Waals surface area contributed by atoms with Crippen molar-refractivity contribution in [3.63, 3.8) is 0 Å². The number of rotatable bonds is 7. The van der Waals surface area contributed by atoms with Gasteiger partial charge in [-0.25, -0.2) is 4.98 Å². The molecule has 4 rings (SSSR count). The SMILES string of the molecule is COc1ccc(-c2nnc(SCC(=O)Nc3ncc(Cl)cc3Cl)n2C2CCCCC2)cc1. The van der Waals surface area contributed by atoms with Gasteiger partial charge < -0.3 is 10.1 Å². The number of hydrogen-bond donors (Lipinski definition) is 1. The van der Waals surface area contributed by atoms with Crippen LogP contribution in [0.1, 0.15) is 38.1 Å². The molecule has 2 aromatic heterocycles. The third-order valence-corrected chi connectivity index (χ3v) is 6.79. The number of carbonyl (C=O) groups is 1. The number of pyridine rings is 1. The average Bonchev–Trinajstić information content (AvgIpc) is 3.24. The molecule has 0 bridgehead atoms. The second-order valence-electron chi connectivity index (χ2n) is 7.52. The Bertz CT molecular complexity index is 1080. The van der Waals surface area contributed by atoms with Gasteiger partial charge in [0.05, 0.1) is 22.9 Å². The summed E-state index contributed by atoms with van der Waals surface area (Å²) in [4.78, 5) is 16.6. The molecule has 7 nitrogen and oxygen atoms in total. The molecule has 0 aliphatic heterocycles. The summed E-state index contributed by atoms with van der Waals surface area (Å²) in [6.45, 7) is 0. The first-order valence-electron chi connectivity index (χ1n) is 10.4. The zero-order valence-corrected chi connectivity index (χ0v) is 19.9. The Morgan fingerprint density at radius 2 is 1.94 bits per heavy atom. The number of hydrogen-bond acceptors (Lipinski definition) is 6. The molecule has 0 unspecified atom stereocenters. The Morgan fingerprint density at radius 1 is 1.19 bits per heavy atom. The van der Waals surface area contributed by atoms with Crippen LogP contribution in [0.5, 0.6) is 5.75 Å². The van der Waals surface area contributed by atoms with Gasteiger partial charge in [-0.1, -0.05) is 54.2 Å². The fourth-order valence-corrected chi connectivity index (χ4v) is 5.02. The van der Waals surface area contributed by atoms with Crippen molar-refractivity contribution in [1.82, 2.24) is 19.7 Å². The van der Waals surface area contributed by atoms with Gasteiger partial charge in [0.25, 0.3) is 0 Å². The van der Waals surface area contributed by atoms with E-state index in [9.17, 15) is 4.79 Å². The number of nitrogens with zero attached hydrogens (tertiary/aromatic N) is 4. The number of anilines is 1. The molecule has 1 aromatic carbocycles. The molecular weight excluding hydrogens is 469 g/mol. The Balaban J connectivity index is 1.53. The Morgan fingerprint density at radius 3 is 2.62 bits per heavy atom. The van der Waals surface area contributed by atoms with E-state index in [1.165, 1.54) is 37.2 Å². The summed E-state index contributed by atoms with van der Waals surface area (Å²) in [5.41, 5.74) is 0.970. The van der Waals surface area contributed by atoms with Gasteiger partial charge in [-0.15, -0.1) is 10.2 Å². The van der Waals surface area contributed by atoms with Crippen molar-refractivity contribution >= 4 is 46.7 Å². The Labute approximate surface area is 200 Å². The molecule has 0 spiro atoms. The van der Waals surface area contributed by atoms with Gasteiger partial charge in [0.1, 0.15) is 5.75 Å². The topological polar surface area (TPSA) is 81.9 Å². The maximum absolute atomic E-state index is 12.5. The van der Waals surface area contributed by atoms with E-state index in [2.05, 4.69) is 25.1 Å². The molecule has 1 amide bonds. The number of thioether (sulfide) groups is 1. The first-order valence-corrected chi connectivity index (χ1v) is 12.1. The summed E-state index contributed by atoms with van der Waals surface area (Å²) in [7, 11) is 1.64. The van der Waals surface area contributed by atoms with Crippen LogP contribution in [-0.2, 0) is 4.79 Å². The van der Waals surface area contributed by atoms with E-state index in [0.717, 1.165) is 35.1 Å². The Kier molecular flexibility index (Phi) is 7.55. The lowest BCUT2D eigenvalue weighted by atomic mass is 9.95. The summed E-state index contributed by atoms with van der Waals surface area (Å²) in [6, 6.07) is 9.65.